The van der Waals surface area contributed by atoms with Gasteiger partial charge in [-0.15, -0.1) is 0 Å². The third-order valence-electron chi connectivity index (χ3n) is 4.48. The van der Waals surface area contributed by atoms with Gasteiger partial charge in [0.15, 0.2) is 0 Å². The molecule has 1 aliphatic heterocycles. The molecule has 1 atom stereocenters. The van der Waals surface area contributed by atoms with Crippen LogP contribution in [0.15, 0.2) is 18.2 Å². The Hall–Kier alpha value is -1.06. The van der Waals surface area contributed by atoms with E-state index >= 15 is 0 Å². The molecular formula is C18H30N2O. The zero-order valence-corrected chi connectivity index (χ0v) is 13.8. The van der Waals surface area contributed by atoms with Crippen molar-refractivity contribution in [3.8, 4) is 5.75 Å². The van der Waals surface area contributed by atoms with Gasteiger partial charge in [0.1, 0.15) is 5.75 Å². The van der Waals surface area contributed by atoms with Crippen LogP contribution in [0, 0.1) is 6.92 Å². The molecule has 0 aliphatic carbocycles. The van der Waals surface area contributed by atoms with E-state index in [-0.39, 0.29) is 0 Å². The molecule has 3 heteroatoms. The van der Waals surface area contributed by atoms with Crippen LogP contribution in [-0.4, -0.2) is 38.2 Å². The number of hydrogen-bond acceptors (Lipinski definition) is 3. The van der Waals surface area contributed by atoms with Crippen LogP contribution in [0.5, 0.6) is 5.75 Å². The minimum Gasteiger partial charge on any atom is -0.496 e. The van der Waals surface area contributed by atoms with E-state index in [9.17, 15) is 0 Å². The molecule has 1 fully saturated rings. The van der Waals surface area contributed by atoms with E-state index in [1.54, 1.807) is 7.11 Å². The molecule has 0 unspecified atom stereocenters. The number of nitrogens with one attached hydrogen (secondary N) is 1. The number of methoxy groups -OCH3 is 1. The van der Waals surface area contributed by atoms with Crippen molar-refractivity contribution in [2.45, 2.75) is 45.6 Å². The summed E-state index contributed by atoms with van der Waals surface area (Å²) in [6, 6.07) is 7.25. The van der Waals surface area contributed by atoms with Gasteiger partial charge < -0.3 is 10.1 Å². The molecule has 2 rings (SSSR count). The highest BCUT2D eigenvalue weighted by Crippen LogP contribution is 2.30. The molecule has 1 N–H and O–H groups in total. The van der Waals surface area contributed by atoms with Crippen molar-refractivity contribution in [3.63, 3.8) is 0 Å². The number of aryl methyl sites for hydroxylation is 1. The molecule has 0 saturated carbocycles. The summed E-state index contributed by atoms with van der Waals surface area (Å²) in [6.45, 7) is 8.95. The molecule has 0 bridgehead atoms. The van der Waals surface area contributed by atoms with E-state index in [0.717, 1.165) is 31.9 Å². The maximum Gasteiger partial charge on any atom is 0.121 e. The van der Waals surface area contributed by atoms with Crippen molar-refractivity contribution in [3.05, 3.63) is 29.3 Å². The summed E-state index contributed by atoms with van der Waals surface area (Å²) in [4.78, 5) is 2.65. The van der Waals surface area contributed by atoms with E-state index in [2.05, 4.69) is 42.3 Å². The molecule has 118 valence electrons. The fourth-order valence-corrected chi connectivity index (χ4v) is 3.25. The molecule has 1 heterocycles. The summed E-state index contributed by atoms with van der Waals surface area (Å²) in [6.07, 6.45) is 5.20. The van der Waals surface area contributed by atoms with Crippen molar-refractivity contribution in [1.82, 2.24) is 10.2 Å². The first-order chi connectivity index (χ1) is 10.3. The lowest BCUT2D eigenvalue weighted by Gasteiger charge is -2.35. The van der Waals surface area contributed by atoms with Crippen LogP contribution >= 0.6 is 0 Å². The third kappa shape index (κ3) is 4.45. The van der Waals surface area contributed by atoms with Crippen LogP contribution < -0.4 is 10.1 Å². The first-order valence-electron chi connectivity index (χ1n) is 8.35. The second-order valence-electron chi connectivity index (χ2n) is 6.03. The summed E-state index contributed by atoms with van der Waals surface area (Å²) in [5.41, 5.74) is 2.69. The quantitative estimate of drug-likeness (QED) is 0.778. The lowest BCUT2D eigenvalue weighted by Crippen LogP contribution is -2.45. The highest BCUT2D eigenvalue weighted by molar-refractivity contribution is 5.37. The van der Waals surface area contributed by atoms with Gasteiger partial charge in [0.05, 0.1) is 7.11 Å². The van der Waals surface area contributed by atoms with E-state index in [0.29, 0.717) is 6.04 Å². The van der Waals surface area contributed by atoms with Gasteiger partial charge in [-0.3, -0.25) is 4.90 Å². The third-order valence-corrected chi connectivity index (χ3v) is 4.48. The lowest BCUT2D eigenvalue weighted by atomic mass is 9.96. The summed E-state index contributed by atoms with van der Waals surface area (Å²) in [5.74, 6) is 0.992. The summed E-state index contributed by atoms with van der Waals surface area (Å²) in [5, 5.41) is 3.46. The highest BCUT2D eigenvalue weighted by Gasteiger charge is 2.22. The Morgan fingerprint density at radius 2 is 2.00 bits per heavy atom. The fourth-order valence-electron chi connectivity index (χ4n) is 3.25. The number of ether oxygens (including phenoxy) is 1. The van der Waals surface area contributed by atoms with E-state index in [4.69, 9.17) is 4.74 Å². The van der Waals surface area contributed by atoms with Crippen molar-refractivity contribution >= 4 is 0 Å². The molecule has 1 aromatic carbocycles. The van der Waals surface area contributed by atoms with Crippen LogP contribution in [0.1, 0.15) is 49.8 Å². The molecular weight excluding hydrogens is 260 g/mol. The fraction of sp³-hybridized carbons (Fsp3) is 0.667. The van der Waals surface area contributed by atoms with E-state index in [1.807, 2.05) is 0 Å². The minimum absolute atomic E-state index is 0.559. The molecule has 0 radical (unpaired) electrons. The summed E-state index contributed by atoms with van der Waals surface area (Å²) >= 11 is 0. The molecule has 1 saturated heterocycles. The van der Waals surface area contributed by atoms with Crippen LogP contribution in [-0.2, 0) is 0 Å². The molecule has 0 aromatic heterocycles. The second kappa shape index (κ2) is 8.40. The van der Waals surface area contributed by atoms with Crippen LogP contribution in [0.3, 0.4) is 0 Å². The topological polar surface area (TPSA) is 24.5 Å². The van der Waals surface area contributed by atoms with Gasteiger partial charge in [0.25, 0.3) is 0 Å². The largest absolute Gasteiger partial charge is 0.496 e. The lowest BCUT2D eigenvalue weighted by molar-refractivity contribution is 0.162. The molecule has 0 amide bonds. The number of hydrogen-bond donors (Lipinski definition) is 1. The maximum atomic E-state index is 5.40. The van der Waals surface area contributed by atoms with Crippen molar-refractivity contribution in [2.24, 2.45) is 0 Å². The standard InChI is InChI=1S/C18H30N2O/c1-4-5-6-7-17(20-12-10-19-11-13-20)16-8-9-18(21-3)15(2)14-16/h8-9,14,17,19H,4-7,10-13H2,1-3H3/t17-/m0/s1. The number of rotatable bonds is 7. The number of benzene rings is 1. The SMILES string of the molecule is CCCCC[C@@H](c1ccc(OC)c(C)c1)N1CCNCC1. The second-order valence-corrected chi connectivity index (χ2v) is 6.03. The number of nitrogens with zero attached hydrogens (tertiary/aromatic N) is 1. The Labute approximate surface area is 129 Å². The van der Waals surface area contributed by atoms with Gasteiger partial charge in [-0.05, 0) is 30.5 Å². The first-order valence-corrected chi connectivity index (χ1v) is 8.35. The Morgan fingerprint density at radius 1 is 1.24 bits per heavy atom. The van der Waals surface area contributed by atoms with Gasteiger partial charge in [-0.1, -0.05) is 38.3 Å². The van der Waals surface area contributed by atoms with Crippen LogP contribution in [0.25, 0.3) is 0 Å². The molecule has 1 aromatic rings. The average molecular weight is 290 g/mol. The van der Waals surface area contributed by atoms with E-state index in [1.165, 1.54) is 36.8 Å². The maximum absolute atomic E-state index is 5.40. The summed E-state index contributed by atoms with van der Waals surface area (Å²) in [7, 11) is 1.75. The normalized spacial score (nSPS) is 17.7. The van der Waals surface area contributed by atoms with Crippen LogP contribution in [0.4, 0.5) is 0 Å². The molecule has 1 aliphatic rings. The zero-order valence-electron chi connectivity index (χ0n) is 13.8. The zero-order chi connectivity index (χ0) is 15.1. The average Bonchev–Trinajstić information content (AvgIpc) is 2.52. The predicted molar refractivity (Wildman–Crippen MR) is 89.1 cm³/mol. The van der Waals surface area contributed by atoms with Gasteiger partial charge in [0.2, 0.25) is 0 Å². The monoisotopic (exact) mass is 290 g/mol. The smallest absolute Gasteiger partial charge is 0.121 e. The number of unbranched alkanes of at least 4 members (excludes halogenated alkanes) is 2. The minimum atomic E-state index is 0.559. The summed E-state index contributed by atoms with van der Waals surface area (Å²) < 4.78 is 5.40. The Balaban J connectivity index is 2.14. The van der Waals surface area contributed by atoms with Crippen molar-refractivity contribution in [1.29, 1.82) is 0 Å². The van der Waals surface area contributed by atoms with E-state index < -0.39 is 0 Å². The first kappa shape index (κ1) is 16.3. The van der Waals surface area contributed by atoms with Gasteiger partial charge in [-0.25, -0.2) is 0 Å². The van der Waals surface area contributed by atoms with Gasteiger partial charge in [0, 0.05) is 32.2 Å². The molecule has 0 spiro atoms. The van der Waals surface area contributed by atoms with Crippen LogP contribution in [0.2, 0.25) is 0 Å². The Bertz CT molecular complexity index is 427. The van der Waals surface area contributed by atoms with Crippen molar-refractivity contribution < 1.29 is 4.74 Å². The number of piperazine rings is 1. The van der Waals surface area contributed by atoms with Crippen molar-refractivity contribution in [2.75, 3.05) is 33.3 Å². The highest BCUT2D eigenvalue weighted by atomic mass is 16.5. The van der Waals surface area contributed by atoms with Gasteiger partial charge in [-0.2, -0.15) is 0 Å². The molecule has 21 heavy (non-hydrogen) atoms. The Morgan fingerprint density at radius 3 is 2.62 bits per heavy atom. The Kier molecular flexibility index (Phi) is 6.52. The van der Waals surface area contributed by atoms with Gasteiger partial charge >= 0.3 is 0 Å². The molecule has 3 nitrogen and oxygen atoms in total. The predicted octanol–water partition coefficient (Wildman–Crippen LogP) is 3.53.